The van der Waals surface area contributed by atoms with Crippen LogP contribution in [0.4, 0.5) is 0 Å². The summed E-state index contributed by atoms with van der Waals surface area (Å²) in [6.07, 6.45) is 7.80. The lowest BCUT2D eigenvalue weighted by molar-refractivity contribution is 0.109. The Morgan fingerprint density at radius 1 is 1.12 bits per heavy atom. The lowest BCUT2D eigenvalue weighted by Crippen LogP contribution is -2.45. The first kappa shape index (κ1) is 12.3. The minimum atomic E-state index is 0.335. The summed E-state index contributed by atoms with van der Waals surface area (Å²) in [6.45, 7) is 3.92. The second kappa shape index (κ2) is 5.99. The molecule has 94 valence electrons. The molecule has 16 heavy (non-hydrogen) atoms. The largest absolute Gasteiger partial charge is 0.396 e. The summed E-state index contributed by atoms with van der Waals surface area (Å²) in [5.41, 5.74) is 0. The highest BCUT2D eigenvalue weighted by Crippen LogP contribution is 2.27. The van der Waals surface area contributed by atoms with Crippen molar-refractivity contribution in [2.24, 2.45) is 0 Å². The van der Waals surface area contributed by atoms with E-state index in [4.69, 9.17) is 0 Å². The van der Waals surface area contributed by atoms with Gasteiger partial charge >= 0.3 is 0 Å². The lowest BCUT2D eigenvalue weighted by Gasteiger charge is -2.35. The van der Waals surface area contributed by atoms with Crippen LogP contribution >= 0.6 is 0 Å². The molecule has 1 saturated heterocycles. The third-order valence-corrected chi connectivity index (χ3v) is 4.20. The average Bonchev–Trinajstić information content (AvgIpc) is 2.71. The van der Waals surface area contributed by atoms with Crippen molar-refractivity contribution in [3.63, 3.8) is 0 Å². The Labute approximate surface area is 99.4 Å². The molecule has 0 aromatic heterocycles. The first-order valence-corrected chi connectivity index (χ1v) is 6.86. The van der Waals surface area contributed by atoms with Gasteiger partial charge in [0.2, 0.25) is 0 Å². The van der Waals surface area contributed by atoms with E-state index >= 15 is 0 Å². The Balaban J connectivity index is 1.99. The second-order valence-corrected chi connectivity index (χ2v) is 5.46. The second-order valence-electron chi connectivity index (χ2n) is 5.46. The number of likely N-dealkylation sites (N-methyl/N-ethyl adjacent to an activating group) is 1. The highest BCUT2D eigenvalue weighted by atomic mass is 16.3. The summed E-state index contributed by atoms with van der Waals surface area (Å²) in [5.74, 6) is 0. The van der Waals surface area contributed by atoms with Gasteiger partial charge in [0.15, 0.2) is 0 Å². The third-order valence-electron chi connectivity index (χ3n) is 4.20. The van der Waals surface area contributed by atoms with Gasteiger partial charge in [0.25, 0.3) is 0 Å². The first-order valence-electron chi connectivity index (χ1n) is 6.86. The van der Waals surface area contributed by atoms with Crippen LogP contribution in [0.15, 0.2) is 0 Å². The van der Waals surface area contributed by atoms with Crippen molar-refractivity contribution in [1.29, 1.82) is 0 Å². The van der Waals surface area contributed by atoms with Gasteiger partial charge in [-0.2, -0.15) is 0 Å². The van der Waals surface area contributed by atoms with E-state index in [0.717, 1.165) is 19.0 Å². The zero-order chi connectivity index (χ0) is 11.4. The highest BCUT2D eigenvalue weighted by molar-refractivity contribution is 4.86. The summed E-state index contributed by atoms with van der Waals surface area (Å²) in [6, 6.07) is 1.39. The third kappa shape index (κ3) is 2.96. The van der Waals surface area contributed by atoms with Crippen molar-refractivity contribution in [3.05, 3.63) is 0 Å². The van der Waals surface area contributed by atoms with Crippen LogP contribution in [0, 0.1) is 0 Å². The molecule has 3 nitrogen and oxygen atoms in total. The van der Waals surface area contributed by atoms with Crippen LogP contribution in [0.2, 0.25) is 0 Å². The van der Waals surface area contributed by atoms with E-state index in [-0.39, 0.29) is 0 Å². The standard InChI is InChI=1S/C13H26N2O/c1-14-8-4-9-15(12-5-2-3-6-12)13(11-14)7-10-16/h12-13,16H,2-11H2,1H3. The fourth-order valence-corrected chi connectivity index (χ4v) is 3.38. The van der Waals surface area contributed by atoms with Gasteiger partial charge in [-0.3, -0.25) is 4.90 Å². The number of hydrogen-bond donors (Lipinski definition) is 1. The monoisotopic (exact) mass is 226 g/mol. The van der Waals surface area contributed by atoms with Crippen LogP contribution in [0.3, 0.4) is 0 Å². The van der Waals surface area contributed by atoms with E-state index < -0.39 is 0 Å². The van der Waals surface area contributed by atoms with E-state index in [1.807, 2.05) is 0 Å². The molecule has 1 unspecified atom stereocenters. The van der Waals surface area contributed by atoms with E-state index in [9.17, 15) is 5.11 Å². The van der Waals surface area contributed by atoms with Crippen LogP contribution in [0.25, 0.3) is 0 Å². The Morgan fingerprint density at radius 3 is 2.56 bits per heavy atom. The van der Waals surface area contributed by atoms with Crippen LogP contribution < -0.4 is 0 Å². The predicted molar refractivity (Wildman–Crippen MR) is 66.6 cm³/mol. The summed E-state index contributed by atoms with van der Waals surface area (Å²) in [5, 5.41) is 9.21. The van der Waals surface area contributed by atoms with Crippen LogP contribution in [0.1, 0.15) is 38.5 Å². The van der Waals surface area contributed by atoms with Crippen molar-refractivity contribution in [2.45, 2.75) is 50.6 Å². The fourth-order valence-electron chi connectivity index (χ4n) is 3.38. The molecule has 0 spiro atoms. The first-order chi connectivity index (χ1) is 7.81. The van der Waals surface area contributed by atoms with Crippen LogP contribution in [-0.4, -0.2) is 60.3 Å². The Bertz CT molecular complexity index is 204. The summed E-state index contributed by atoms with van der Waals surface area (Å²) in [4.78, 5) is 5.13. The molecule has 0 bridgehead atoms. The topological polar surface area (TPSA) is 26.7 Å². The molecule has 1 aliphatic heterocycles. The summed E-state index contributed by atoms with van der Waals surface area (Å²) in [7, 11) is 2.21. The molecule has 1 aliphatic carbocycles. The van der Waals surface area contributed by atoms with Crippen molar-refractivity contribution >= 4 is 0 Å². The van der Waals surface area contributed by atoms with Gasteiger partial charge < -0.3 is 10.0 Å². The van der Waals surface area contributed by atoms with Gasteiger partial charge in [0.1, 0.15) is 0 Å². The molecule has 2 rings (SSSR count). The summed E-state index contributed by atoms with van der Waals surface area (Å²) >= 11 is 0. The van der Waals surface area contributed by atoms with Crippen molar-refractivity contribution < 1.29 is 5.11 Å². The molecular weight excluding hydrogens is 200 g/mol. The molecule has 3 heteroatoms. The Hall–Kier alpha value is -0.120. The molecule has 0 amide bonds. The van der Waals surface area contributed by atoms with Gasteiger partial charge in [-0.1, -0.05) is 12.8 Å². The Morgan fingerprint density at radius 2 is 1.88 bits per heavy atom. The van der Waals surface area contributed by atoms with Crippen LogP contribution in [0.5, 0.6) is 0 Å². The molecule has 2 fully saturated rings. The average molecular weight is 226 g/mol. The number of hydrogen-bond acceptors (Lipinski definition) is 3. The lowest BCUT2D eigenvalue weighted by atomic mass is 10.1. The van der Waals surface area contributed by atoms with Crippen molar-refractivity contribution in [2.75, 3.05) is 33.3 Å². The fraction of sp³-hybridized carbons (Fsp3) is 1.00. The normalized spacial score (nSPS) is 30.8. The molecule has 2 aliphatic rings. The quantitative estimate of drug-likeness (QED) is 0.786. The van der Waals surface area contributed by atoms with Gasteiger partial charge in [-0.15, -0.1) is 0 Å². The number of nitrogens with zero attached hydrogens (tertiary/aromatic N) is 2. The maximum atomic E-state index is 9.21. The van der Waals surface area contributed by atoms with Gasteiger partial charge in [-0.05, 0) is 45.8 Å². The van der Waals surface area contributed by atoms with E-state index in [1.54, 1.807) is 0 Å². The van der Waals surface area contributed by atoms with Crippen LogP contribution in [-0.2, 0) is 0 Å². The van der Waals surface area contributed by atoms with Gasteiger partial charge in [0, 0.05) is 25.2 Å². The molecular formula is C13H26N2O. The number of aliphatic hydroxyl groups excluding tert-OH is 1. The maximum absolute atomic E-state index is 9.21. The number of rotatable bonds is 3. The Kier molecular flexibility index (Phi) is 4.62. The van der Waals surface area contributed by atoms with Gasteiger partial charge in [-0.25, -0.2) is 0 Å². The molecule has 0 aromatic rings. The van der Waals surface area contributed by atoms with E-state index in [0.29, 0.717) is 12.6 Å². The minimum Gasteiger partial charge on any atom is -0.396 e. The zero-order valence-corrected chi connectivity index (χ0v) is 10.6. The molecule has 0 aromatic carbocycles. The molecule has 1 heterocycles. The molecule has 1 saturated carbocycles. The smallest absolute Gasteiger partial charge is 0.0446 e. The van der Waals surface area contributed by atoms with Gasteiger partial charge in [0.05, 0.1) is 0 Å². The SMILES string of the molecule is CN1CCCN(C2CCCC2)C(CCO)C1. The number of aliphatic hydroxyl groups is 1. The molecule has 0 radical (unpaired) electrons. The zero-order valence-electron chi connectivity index (χ0n) is 10.6. The van der Waals surface area contributed by atoms with E-state index in [1.165, 1.54) is 45.2 Å². The molecule has 1 atom stereocenters. The summed E-state index contributed by atoms with van der Waals surface area (Å²) < 4.78 is 0. The maximum Gasteiger partial charge on any atom is 0.0446 e. The molecule has 1 N–H and O–H groups in total. The van der Waals surface area contributed by atoms with E-state index in [2.05, 4.69) is 16.8 Å². The predicted octanol–water partition coefficient (Wildman–Crippen LogP) is 1.32. The van der Waals surface area contributed by atoms with Crippen molar-refractivity contribution in [3.8, 4) is 0 Å². The minimum absolute atomic E-state index is 0.335. The highest BCUT2D eigenvalue weighted by Gasteiger charge is 2.30. The van der Waals surface area contributed by atoms with Crippen molar-refractivity contribution in [1.82, 2.24) is 9.80 Å².